The molecular formula is C19H23N3O2S. The molecule has 4 heterocycles. The molecule has 5 rings (SSSR count). The molecular weight excluding hydrogens is 334 g/mol. The number of carbonyl (C=O) groups is 1. The van der Waals surface area contributed by atoms with E-state index in [1.807, 2.05) is 12.1 Å². The summed E-state index contributed by atoms with van der Waals surface area (Å²) < 4.78 is 6.67. The Kier molecular flexibility index (Phi) is 3.91. The number of rotatable bonds is 3. The van der Waals surface area contributed by atoms with E-state index in [1.165, 1.54) is 22.5 Å². The van der Waals surface area contributed by atoms with Crippen LogP contribution in [-0.2, 0) is 4.74 Å². The van der Waals surface area contributed by atoms with Crippen LogP contribution in [0, 0.1) is 0 Å². The minimum Gasteiger partial charge on any atom is -0.378 e. The predicted molar refractivity (Wildman–Crippen MR) is 101 cm³/mol. The lowest BCUT2D eigenvalue weighted by atomic mass is 9.95. The van der Waals surface area contributed by atoms with Crippen LogP contribution in [0.25, 0.3) is 10.1 Å². The third-order valence-corrected chi connectivity index (χ3v) is 6.88. The predicted octanol–water partition coefficient (Wildman–Crippen LogP) is 2.36. The standard InChI is InChI=1S/C19H23N3O2S/c23-19(21-16-11-14-2-3-15(16)20-14)12-1-4-17-13(9-12)10-18(25-17)22-5-7-24-8-6-22/h1,4,9-10,14-16,20H,2-3,5-8,11H2,(H,21,23)/t14-,15+,16-/m1/s1. The van der Waals surface area contributed by atoms with Gasteiger partial charge in [0, 0.05) is 41.5 Å². The fourth-order valence-corrected chi connectivity index (χ4v) is 5.44. The molecule has 3 atom stereocenters. The van der Waals surface area contributed by atoms with Crippen LogP contribution in [0.4, 0.5) is 5.00 Å². The maximum Gasteiger partial charge on any atom is 0.251 e. The number of benzene rings is 1. The molecule has 25 heavy (non-hydrogen) atoms. The Bertz CT molecular complexity index is 799. The highest BCUT2D eigenvalue weighted by Gasteiger charge is 2.39. The molecule has 3 fully saturated rings. The van der Waals surface area contributed by atoms with Crippen molar-refractivity contribution in [3.8, 4) is 0 Å². The van der Waals surface area contributed by atoms with Crippen LogP contribution in [0.15, 0.2) is 24.3 Å². The maximum absolute atomic E-state index is 12.7. The molecule has 1 amide bonds. The lowest BCUT2D eigenvalue weighted by molar-refractivity contribution is 0.0931. The van der Waals surface area contributed by atoms with E-state index in [4.69, 9.17) is 4.74 Å². The Morgan fingerprint density at radius 1 is 1.24 bits per heavy atom. The van der Waals surface area contributed by atoms with Crippen molar-refractivity contribution >= 4 is 32.3 Å². The number of carbonyl (C=O) groups excluding carboxylic acids is 1. The number of thiophene rings is 1. The van der Waals surface area contributed by atoms with E-state index >= 15 is 0 Å². The lowest BCUT2D eigenvalue weighted by Gasteiger charge is -2.27. The van der Waals surface area contributed by atoms with Crippen LogP contribution in [0.5, 0.6) is 0 Å². The third-order valence-electron chi connectivity index (χ3n) is 5.70. The van der Waals surface area contributed by atoms with Gasteiger partial charge in [-0.25, -0.2) is 0 Å². The van der Waals surface area contributed by atoms with Crippen molar-refractivity contribution < 1.29 is 9.53 Å². The minimum absolute atomic E-state index is 0.0559. The second-order valence-electron chi connectivity index (χ2n) is 7.30. The van der Waals surface area contributed by atoms with E-state index in [9.17, 15) is 4.79 Å². The third kappa shape index (κ3) is 2.92. The highest BCUT2D eigenvalue weighted by molar-refractivity contribution is 7.22. The molecule has 3 aliphatic heterocycles. The Hall–Kier alpha value is -1.63. The number of nitrogens with zero attached hydrogens (tertiary/aromatic N) is 1. The molecule has 1 aromatic heterocycles. The van der Waals surface area contributed by atoms with Gasteiger partial charge in [-0.15, -0.1) is 11.3 Å². The molecule has 132 valence electrons. The summed E-state index contributed by atoms with van der Waals surface area (Å²) >= 11 is 1.80. The van der Waals surface area contributed by atoms with Gasteiger partial charge in [-0.3, -0.25) is 4.79 Å². The molecule has 0 saturated carbocycles. The highest BCUT2D eigenvalue weighted by Crippen LogP contribution is 2.34. The number of morpholine rings is 1. The van der Waals surface area contributed by atoms with Crippen LogP contribution >= 0.6 is 11.3 Å². The molecule has 3 aliphatic rings. The molecule has 0 aliphatic carbocycles. The van der Waals surface area contributed by atoms with E-state index in [0.29, 0.717) is 12.1 Å². The highest BCUT2D eigenvalue weighted by atomic mass is 32.1. The first-order valence-corrected chi connectivity index (χ1v) is 10.0. The van der Waals surface area contributed by atoms with Crippen LogP contribution in [0.3, 0.4) is 0 Å². The Labute approximate surface area is 151 Å². The number of nitrogens with one attached hydrogen (secondary N) is 2. The molecule has 2 N–H and O–H groups in total. The number of hydrogen-bond acceptors (Lipinski definition) is 5. The van der Waals surface area contributed by atoms with Crippen molar-refractivity contribution in [3.63, 3.8) is 0 Å². The fourth-order valence-electron chi connectivity index (χ4n) is 4.35. The Morgan fingerprint density at radius 2 is 2.12 bits per heavy atom. The molecule has 3 saturated heterocycles. The van der Waals surface area contributed by atoms with E-state index < -0.39 is 0 Å². The SMILES string of the molecule is O=C(N[C@@H]1C[C@H]2CC[C@@H]1N2)c1ccc2sc(N3CCOCC3)cc2c1. The summed E-state index contributed by atoms with van der Waals surface area (Å²) in [5, 5.41) is 9.24. The molecule has 0 spiro atoms. The van der Waals surface area contributed by atoms with Gasteiger partial charge in [-0.05, 0) is 48.9 Å². The minimum atomic E-state index is 0.0559. The molecule has 5 nitrogen and oxygen atoms in total. The van der Waals surface area contributed by atoms with Crippen molar-refractivity contribution in [2.24, 2.45) is 0 Å². The summed E-state index contributed by atoms with van der Waals surface area (Å²) in [5.41, 5.74) is 0.765. The normalized spacial score (nSPS) is 28.6. The summed E-state index contributed by atoms with van der Waals surface area (Å²) in [7, 11) is 0. The molecule has 0 unspecified atom stereocenters. The van der Waals surface area contributed by atoms with Gasteiger partial charge in [-0.1, -0.05) is 0 Å². The molecule has 2 aromatic rings. The van der Waals surface area contributed by atoms with Crippen molar-refractivity contribution in [1.82, 2.24) is 10.6 Å². The van der Waals surface area contributed by atoms with E-state index in [0.717, 1.165) is 43.7 Å². The van der Waals surface area contributed by atoms with E-state index in [2.05, 4.69) is 27.7 Å². The summed E-state index contributed by atoms with van der Waals surface area (Å²) in [4.78, 5) is 15.0. The summed E-state index contributed by atoms with van der Waals surface area (Å²) in [6.45, 7) is 3.47. The average molecular weight is 357 g/mol. The lowest BCUT2D eigenvalue weighted by Crippen LogP contribution is -2.42. The molecule has 2 bridgehead atoms. The zero-order chi connectivity index (χ0) is 16.8. The first-order chi connectivity index (χ1) is 12.3. The zero-order valence-electron chi connectivity index (χ0n) is 14.2. The Balaban J connectivity index is 1.34. The van der Waals surface area contributed by atoms with Gasteiger partial charge in [0.1, 0.15) is 0 Å². The maximum atomic E-state index is 12.7. The summed E-state index contributed by atoms with van der Waals surface area (Å²) in [6.07, 6.45) is 3.50. The first kappa shape index (κ1) is 15.6. The van der Waals surface area contributed by atoms with Gasteiger partial charge in [0.25, 0.3) is 5.91 Å². The summed E-state index contributed by atoms with van der Waals surface area (Å²) in [5.74, 6) is 0.0559. The number of amides is 1. The summed E-state index contributed by atoms with van der Waals surface area (Å²) in [6, 6.07) is 9.63. The zero-order valence-corrected chi connectivity index (χ0v) is 15.0. The average Bonchev–Trinajstić information content (AvgIpc) is 3.36. The van der Waals surface area contributed by atoms with Crippen molar-refractivity contribution in [3.05, 3.63) is 29.8 Å². The van der Waals surface area contributed by atoms with Crippen molar-refractivity contribution in [2.75, 3.05) is 31.2 Å². The van der Waals surface area contributed by atoms with Crippen molar-refractivity contribution in [1.29, 1.82) is 0 Å². The van der Waals surface area contributed by atoms with Gasteiger partial charge in [0.2, 0.25) is 0 Å². The topological polar surface area (TPSA) is 53.6 Å². The van der Waals surface area contributed by atoms with Gasteiger partial charge >= 0.3 is 0 Å². The van der Waals surface area contributed by atoms with Crippen LogP contribution in [-0.4, -0.2) is 50.3 Å². The van der Waals surface area contributed by atoms with Gasteiger partial charge in [-0.2, -0.15) is 0 Å². The molecule has 6 heteroatoms. The van der Waals surface area contributed by atoms with E-state index in [1.54, 1.807) is 11.3 Å². The second-order valence-corrected chi connectivity index (χ2v) is 8.36. The quantitative estimate of drug-likeness (QED) is 0.885. The largest absolute Gasteiger partial charge is 0.378 e. The number of hydrogen-bond donors (Lipinski definition) is 2. The number of anilines is 1. The molecule has 1 aromatic carbocycles. The first-order valence-electron chi connectivity index (χ1n) is 9.19. The fraction of sp³-hybridized carbons (Fsp3) is 0.526. The van der Waals surface area contributed by atoms with Crippen molar-refractivity contribution in [2.45, 2.75) is 37.4 Å². The van der Waals surface area contributed by atoms with Crippen LogP contribution in [0.2, 0.25) is 0 Å². The van der Waals surface area contributed by atoms with Gasteiger partial charge in [0.15, 0.2) is 0 Å². The van der Waals surface area contributed by atoms with Gasteiger partial charge in [0.05, 0.1) is 18.2 Å². The van der Waals surface area contributed by atoms with Crippen LogP contribution in [0.1, 0.15) is 29.6 Å². The number of ether oxygens (including phenoxy) is 1. The van der Waals surface area contributed by atoms with Crippen LogP contribution < -0.4 is 15.5 Å². The molecule has 0 radical (unpaired) electrons. The monoisotopic (exact) mass is 357 g/mol. The Morgan fingerprint density at radius 3 is 2.88 bits per heavy atom. The smallest absolute Gasteiger partial charge is 0.251 e. The number of fused-ring (bicyclic) bond motifs is 3. The van der Waals surface area contributed by atoms with E-state index in [-0.39, 0.29) is 11.9 Å². The second kappa shape index (κ2) is 6.27. The van der Waals surface area contributed by atoms with Gasteiger partial charge < -0.3 is 20.3 Å².